The van der Waals surface area contributed by atoms with Gasteiger partial charge in [0.1, 0.15) is 0 Å². The maximum Gasteiger partial charge on any atom is 0.328 e. The van der Waals surface area contributed by atoms with Gasteiger partial charge in [-0.2, -0.15) is 0 Å². The average molecular weight is 451 g/mol. The molecule has 2 aliphatic carbocycles. The van der Waals surface area contributed by atoms with Crippen LogP contribution in [0.5, 0.6) is 0 Å². The third-order valence-corrected chi connectivity index (χ3v) is 8.86. The van der Waals surface area contributed by atoms with E-state index in [2.05, 4.69) is 17.6 Å². The van der Waals surface area contributed by atoms with Gasteiger partial charge in [0.05, 0.1) is 4.90 Å². The molecule has 0 aromatic heterocycles. The maximum atomic E-state index is 13.2. The largest absolute Gasteiger partial charge is 0.454 e. The molecule has 3 amide bonds. The van der Waals surface area contributed by atoms with Crippen molar-refractivity contribution >= 4 is 27.7 Å². The topological polar surface area (TPSA) is 119 Å². The molecule has 2 saturated carbocycles. The van der Waals surface area contributed by atoms with Gasteiger partial charge in [0, 0.05) is 6.04 Å². The summed E-state index contributed by atoms with van der Waals surface area (Å²) in [6, 6.07) is 7.16. The van der Waals surface area contributed by atoms with Crippen molar-refractivity contribution in [3.05, 3.63) is 30.3 Å². The number of sulfone groups is 1. The standard InChI is InChI=1S/C22H30N2O6S/c1-16-9-5-6-12-18(16)23-21(27)24-19(25)15-30-20(26)22(13-7-8-14-22)31(28,29)17-10-3-2-4-11-17/h2-4,10-11,16,18H,5-9,12-15H2,1H3,(H2,23,24,25,27). The van der Waals surface area contributed by atoms with E-state index in [1.54, 1.807) is 18.2 Å². The molecule has 9 heteroatoms. The highest BCUT2D eigenvalue weighted by Gasteiger charge is 2.54. The summed E-state index contributed by atoms with van der Waals surface area (Å²) in [7, 11) is -3.98. The lowest BCUT2D eigenvalue weighted by atomic mass is 9.86. The van der Waals surface area contributed by atoms with E-state index < -0.39 is 39.1 Å². The smallest absolute Gasteiger partial charge is 0.328 e. The van der Waals surface area contributed by atoms with Crippen molar-refractivity contribution in [2.75, 3.05) is 6.61 Å². The molecule has 2 aliphatic rings. The third-order valence-electron chi connectivity index (χ3n) is 6.37. The SMILES string of the molecule is CC1CCCCC1NC(=O)NC(=O)COC(=O)C1(S(=O)(=O)c2ccccc2)CCCC1. The molecule has 1 aromatic carbocycles. The van der Waals surface area contributed by atoms with E-state index in [0.29, 0.717) is 18.8 Å². The number of esters is 1. The monoisotopic (exact) mass is 450 g/mol. The summed E-state index contributed by atoms with van der Waals surface area (Å²) in [6.45, 7) is 1.35. The first kappa shape index (κ1) is 23.2. The lowest BCUT2D eigenvalue weighted by Crippen LogP contribution is -2.49. The highest BCUT2D eigenvalue weighted by Crippen LogP contribution is 2.41. The molecule has 3 rings (SSSR count). The van der Waals surface area contributed by atoms with E-state index in [1.165, 1.54) is 12.1 Å². The lowest BCUT2D eigenvalue weighted by Gasteiger charge is -2.29. The van der Waals surface area contributed by atoms with Crippen molar-refractivity contribution in [1.82, 2.24) is 10.6 Å². The Hall–Kier alpha value is -2.42. The van der Waals surface area contributed by atoms with Crippen LogP contribution in [0, 0.1) is 5.92 Å². The van der Waals surface area contributed by atoms with Gasteiger partial charge in [-0.05, 0) is 43.7 Å². The van der Waals surface area contributed by atoms with Gasteiger partial charge in [-0.3, -0.25) is 14.9 Å². The van der Waals surface area contributed by atoms with Gasteiger partial charge in [0.2, 0.25) is 0 Å². The quantitative estimate of drug-likeness (QED) is 0.643. The summed E-state index contributed by atoms with van der Waals surface area (Å²) in [4.78, 5) is 37.1. The normalized spacial score (nSPS) is 23.0. The molecule has 0 spiro atoms. The van der Waals surface area contributed by atoms with Gasteiger partial charge in [-0.25, -0.2) is 13.2 Å². The van der Waals surface area contributed by atoms with Crippen molar-refractivity contribution in [3.8, 4) is 0 Å². The van der Waals surface area contributed by atoms with Crippen LogP contribution in [0.1, 0.15) is 58.3 Å². The highest BCUT2D eigenvalue weighted by atomic mass is 32.2. The molecule has 1 aromatic rings. The van der Waals surface area contributed by atoms with Crippen LogP contribution in [0.4, 0.5) is 4.79 Å². The molecule has 0 bridgehead atoms. The van der Waals surface area contributed by atoms with Crippen LogP contribution in [-0.4, -0.2) is 43.7 Å². The van der Waals surface area contributed by atoms with Crippen molar-refractivity contribution < 1.29 is 27.5 Å². The Morgan fingerprint density at radius 3 is 2.32 bits per heavy atom. The molecule has 31 heavy (non-hydrogen) atoms. The summed E-state index contributed by atoms with van der Waals surface area (Å²) in [5.74, 6) is -1.40. The van der Waals surface area contributed by atoms with Crippen LogP contribution < -0.4 is 10.6 Å². The number of carbonyl (C=O) groups is 3. The Kier molecular flexibility index (Phi) is 7.35. The zero-order valence-electron chi connectivity index (χ0n) is 17.8. The fourth-order valence-electron chi connectivity index (χ4n) is 4.51. The van der Waals surface area contributed by atoms with Crippen LogP contribution in [0.15, 0.2) is 35.2 Å². The number of hydrogen-bond donors (Lipinski definition) is 2. The van der Waals surface area contributed by atoms with Crippen molar-refractivity contribution in [3.63, 3.8) is 0 Å². The highest BCUT2D eigenvalue weighted by molar-refractivity contribution is 7.93. The van der Waals surface area contributed by atoms with Gasteiger partial charge < -0.3 is 10.1 Å². The first-order valence-electron chi connectivity index (χ1n) is 10.8. The van der Waals surface area contributed by atoms with Gasteiger partial charge in [-0.1, -0.05) is 50.8 Å². The molecule has 2 atom stereocenters. The molecule has 2 unspecified atom stereocenters. The Balaban J connectivity index is 1.59. The summed E-state index contributed by atoms with van der Waals surface area (Å²) < 4.78 is 29.8. The predicted molar refractivity (Wildman–Crippen MR) is 114 cm³/mol. The van der Waals surface area contributed by atoms with E-state index in [1.807, 2.05) is 0 Å². The van der Waals surface area contributed by atoms with Crippen molar-refractivity contribution in [1.29, 1.82) is 0 Å². The number of carbonyl (C=O) groups excluding carboxylic acids is 3. The van der Waals surface area contributed by atoms with E-state index in [-0.39, 0.29) is 23.8 Å². The average Bonchev–Trinajstić information content (AvgIpc) is 3.26. The number of amides is 3. The molecule has 2 N–H and O–H groups in total. The maximum absolute atomic E-state index is 13.2. The summed E-state index contributed by atoms with van der Waals surface area (Å²) in [5.41, 5.74) is 0. The summed E-state index contributed by atoms with van der Waals surface area (Å²) in [6.07, 6.45) is 5.48. The molecular weight excluding hydrogens is 420 g/mol. The van der Waals surface area contributed by atoms with E-state index in [0.717, 1.165) is 25.7 Å². The second kappa shape index (κ2) is 9.80. The number of rotatable bonds is 6. The minimum Gasteiger partial charge on any atom is -0.454 e. The number of hydrogen-bond acceptors (Lipinski definition) is 6. The molecule has 0 heterocycles. The van der Waals surface area contributed by atoms with E-state index >= 15 is 0 Å². The van der Waals surface area contributed by atoms with Crippen molar-refractivity contribution in [2.24, 2.45) is 5.92 Å². The van der Waals surface area contributed by atoms with Crippen LogP contribution in [0.2, 0.25) is 0 Å². The van der Waals surface area contributed by atoms with Gasteiger partial charge in [-0.15, -0.1) is 0 Å². The number of urea groups is 1. The minimum atomic E-state index is -3.98. The Morgan fingerprint density at radius 1 is 1.03 bits per heavy atom. The second-order valence-electron chi connectivity index (χ2n) is 8.48. The number of imide groups is 1. The van der Waals surface area contributed by atoms with Crippen molar-refractivity contribution in [2.45, 2.75) is 74.0 Å². The molecule has 2 fully saturated rings. The minimum absolute atomic E-state index is 0.00174. The van der Waals surface area contributed by atoms with Crippen LogP contribution >= 0.6 is 0 Å². The number of benzene rings is 1. The zero-order valence-corrected chi connectivity index (χ0v) is 18.6. The molecule has 8 nitrogen and oxygen atoms in total. The molecular formula is C22H30N2O6S. The second-order valence-corrected chi connectivity index (χ2v) is 10.7. The first-order chi connectivity index (χ1) is 14.8. The van der Waals surface area contributed by atoms with Gasteiger partial charge >= 0.3 is 12.0 Å². The molecule has 0 saturated heterocycles. The Morgan fingerprint density at radius 2 is 1.68 bits per heavy atom. The third kappa shape index (κ3) is 5.08. The number of nitrogens with one attached hydrogen (secondary N) is 2. The molecule has 0 radical (unpaired) electrons. The van der Waals surface area contributed by atoms with E-state index in [9.17, 15) is 22.8 Å². The van der Waals surface area contributed by atoms with Crippen LogP contribution in [0.25, 0.3) is 0 Å². The fourth-order valence-corrected chi connectivity index (χ4v) is 6.59. The Labute approximate surface area is 183 Å². The lowest BCUT2D eigenvalue weighted by molar-refractivity contribution is -0.150. The summed E-state index contributed by atoms with van der Waals surface area (Å²) in [5, 5.41) is 4.95. The predicted octanol–water partition coefficient (Wildman–Crippen LogP) is 2.72. The fraction of sp³-hybridized carbons (Fsp3) is 0.591. The number of ether oxygens (including phenoxy) is 1. The molecule has 0 aliphatic heterocycles. The Bertz CT molecular complexity index is 909. The van der Waals surface area contributed by atoms with E-state index in [4.69, 9.17) is 4.74 Å². The first-order valence-corrected chi connectivity index (χ1v) is 12.3. The van der Waals surface area contributed by atoms with Gasteiger partial charge in [0.25, 0.3) is 5.91 Å². The van der Waals surface area contributed by atoms with Crippen LogP contribution in [0.3, 0.4) is 0 Å². The summed E-state index contributed by atoms with van der Waals surface area (Å²) >= 11 is 0. The molecule has 170 valence electrons. The zero-order chi connectivity index (χ0) is 22.5. The van der Waals surface area contributed by atoms with Gasteiger partial charge in [0.15, 0.2) is 21.2 Å². The van der Waals surface area contributed by atoms with Crippen LogP contribution in [-0.2, 0) is 24.2 Å².